The maximum atomic E-state index is 12.4. The van der Waals surface area contributed by atoms with E-state index in [-0.39, 0.29) is 11.8 Å². The molecule has 1 atom stereocenters. The van der Waals surface area contributed by atoms with E-state index < -0.39 is 0 Å². The van der Waals surface area contributed by atoms with E-state index in [2.05, 4.69) is 10.1 Å². The molecule has 0 N–H and O–H groups in total. The van der Waals surface area contributed by atoms with Crippen molar-refractivity contribution in [3.05, 3.63) is 70.6 Å². The highest BCUT2D eigenvalue weighted by Gasteiger charge is 2.34. The number of halogens is 1. The van der Waals surface area contributed by atoms with E-state index in [0.29, 0.717) is 36.2 Å². The molecular formula is C20H18ClN3O2. The van der Waals surface area contributed by atoms with Gasteiger partial charge in [-0.3, -0.25) is 4.79 Å². The lowest BCUT2D eigenvalue weighted by atomic mass is 10.1. The molecule has 0 bridgehead atoms. The number of likely N-dealkylation sites (tertiary alicyclic amines) is 1. The average Bonchev–Trinajstić information content (AvgIpc) is 3.25. The van der Waals surface area contributed by atoms with E-state index in [1.165, 1.54) is 5.56 Å². The highest BCUT2D eigenvalue weighted by Crippen LogP contribution is 2.29. The van der Waals surface area contributed by atoms with Crippen LogP contribution in [0.2, 0.25) is 5.02 Å². The predicted octanol–water partition coefficient (Wildman–Crippen LogP) is 4.21. The molecule has 132 valence electrons. The normalized spacial score (nSPS) is 17.1. The SMILES string of the molecule is Cc1ccc(-c2noc([C@H]3CC(=O)N(Cc4ccc(Cl)cc4)C3)n2)cc1. The summed E-state index contributed by atoms with van der Waals surface area (Å²) >= 11 is 5.91. The lowest BCUT2D eigenvalue weighted by molar-refractivity contribution is -0.128. The van der Waals surface area contributed by atoms with Crippen LogP contribution in [0.5, 0.6) is 0 Å². The molecule has 0 radical (unpaired) electrons. The van der Waals surface area contributed by atoms with Gasteiger partial charge < -0.3 is 9.42 Å². The molecule has 1 aromatic heterocycles. The highest BCUT2D eigenvalue weighted by molar-refractivity contribution is 6.30. The number of benzene rings is 2. The van der Waals surface area contributed by atoms with Crippen molar-refractivity contribution in [2.45, 2.75) is 25.8 Å². The van der Waals surface area contributed by atoms with E-state index in [0.717, 1.165) is 11.1 Å². The number of aryl methyl sites for hydroxylation is 1. The van der Waals surface area contributed by atoms with Crippen LogP contribution in [0.15, 0.2) is 53.1 Å². The summed E-state index contributed by atoms with van der Waals surface area (Å²) < 4.78 is 5.44. The zero-order valence-corrected chi connectivity index (χ0v) is 15.1. The average molecular weight is 368 g/mol. The molecular weight excluding hydrogens is 350 g/mol. The van der Waals surface area contributed by atoms with Crippen molar-refractivity contribution in [1.82, 2.24) is 15.0 Å². The largest absolute Gasteiger partial charge is 0.339 e. The van der Waals surface area contributed by atoms with Gasteiger partial charge in [-0.2, -0.15) is 4.98 Å². The third-order valence-electron chi connectivity index (χ3n) is 4.60. The van der Waals surface area contributed by atoms with E-state index in [9.17, 15) is 4.79 Å². The van der Waals surface area contributed by atoms with Crippen LogP contribution in [0.3, 0.4) is 0 Å². The molecule has 0 aliphatic carbocycles. The molecule has 0 spiro atoms. The van der Waals surface area contributed by atoms with Gasteiger partial charge in [0.05, 0.1) is 5.92 Å². The van der Waals surface area contributed by atoms with Crippen LogP contribution in [-0.4, -0.2) is 27.5 Å². The minimum absolute atomic E-state index is 0.0681. The molecule has 1 aliphatic rings. The van der Waals surface area contributed by atoms with Crippen molar-refractivity contribution in [2.24, 2.45) is 0 Å². The van der Waals surface area contributed by atoms with Crippen molar-refractivity contribution >= 4 is 17.5 Å². The molecule has 4 rings (SSSR count). The van der Waals surface area contributed by atoms with Crippen LogP contribution in [0.4, 0.5) is 0 Å². The van der Waals surface area contributed by atoms with Crippen molar-refractivity contribution in [1.29, 1.82) is 0 Å². The summed E-state index contributed by atoms with van der Waals surface area (Å²) in [6.07, 6.45) is 0.392. The smallest absolute Gasteiger partial charge is 0.232 e. The quantitative estimate of drug-likeness (QED) is 0.693. The van der Waals surface area contributed by atoms with Crippen LogP contribution < -0.4 is 0 Å². The summed E-state index contributed by atoms with van der Waals surface area (Å²) in [7, 11) is 0. The van der Waals surface area contributed by atoms with E-state index in [1.807, 2.05) is 60.4 Å². The Kier molecular flexibility index (Phi) is 4.47. The molecule has 2 heterocycles. The van der Waals surface area contributed by atoms with Gasteiger partial charge in [0.1, 0.15) is 0 Å². The summed E-state index contributed by atoms with van der Waals surface area (Å²) in [5, 5.41) is 4.76. The van der Waals surface area contributed by atoms with Crippen LogP contribution in [0, 0.1) is 6.92 Å². The van der Waals surface area contributed by atoms with Crippen LogP contribution in [-0.2, 0) is 11.3 Å². The van der Waals surface area contributed by atoms with E-state index in [4.69, 9.17) is 16.1 Å². The molecule has 2 aromatic carbocycles. The summed E-state index contributed by atoms with van der Waals surface area (Å²) in [6.45, 7) is 3.17. The molecule has 6 heteroatoms. The number of carbonyl (C=O) groups excluding carboxylic acids is 1. The van der Waals surface area contributed by atoms with Crippen molar-refractivity contribution in [3.63, 3.8) is 0 Å². The second kappa shape index (κ2) is 6.92. The minimum Gasteiger partial charge on any atom is -0.339 e. The van der Waals surface area contributed by atoms with E-state index >= 15 is 0 Å². The van der Waals surface area contributed by atoms with Gasteiger partial charge in [-0.1, -0.05) is 58.7 Å². The number of carbonyl (C=O) groups is 1. The van der Waals surface area contributed by atoms with Crippen molar-refractivity contribution in [2.75, 3.05) is 6.54 Å². The van der Waals surface area contributed by atoms with Gasteiger partial charge in [0, 0.05) is 30.1 Å². The highest BCUT2D eigenvalue weighted by atomic mass is 35.5. The Balaban J connectivity index is 1.47. The summed E-state index contributed by atoms with van der Waals surface area (Å²) in [5.41, 5.74) is 3.14. The maximum absolute atomic E-state index is 12.4. The molecule has 3 aromatic rings. The fourth-order valence-electron chi connectivity index (χ4n) is 3.12. The second-order valence-electron chi connectivity index (χ2n) is 6.62. The van der Waals surface area contributed by atoms with Gasteiger partial charge >= 0.3 is 0 Å². The Hall–Kier alpha value is -2.66. The second-order valence-corrected chi connectivity index (χ2v) is 7.06. The van der Waals surface area contributed by atoms with Gasteiger partial charge in [0.15, 0.2) is 0 Å². The zero-order valence-electron chi connectivity index (χ0n) is 14.4. The first-order chi connectivity index (χ1) is 12.6. The summed E-state index contributed by atoms with van der Waals surface area (Å²) in [4.78, 5) is 18.7. The third-order valence-corrected chi connectivity index (χ3v) is 4.85. The standard InChI is InChI=1S/C20H18ClN3O2/c1-13-2-6-15(7-3-13)19-22-20(26-23-19)16-10-18(25)24(12-16)11-14-4-8-17(21)9-5-14/h2-9,16H,10-12H2,1H3/t16-/m0/s1. The number of hydrogen-bond donors (Lipinski definition) is 0. The molecule has 0 unspecified atom stereocenters. The lowest BCUT2D eigenvalue weighted by Crippen LogP contribution is -2.24. The monoisotopic (exact) mass is 367 g/mol. The van der Waals surface area contributed by atoms with Gasteiger partial charge in [0.2, 0.25) is 17.6 Å². The number of nitrogens with zero attached hydrogens (tertiary/aromatic N) is 3. The number of amides is 1. The number of aromatic nitrogens is 2. The van der Waals surface area contributed by atoms with Gasteiger partial charge in [-0.15, -0.1) is 0 Å². The Labute approximate surface area is 156 Å². The fourth-order valence-corrected chi connectivity index (χ4v) is 3.25. The van der Waals surface area contributed by atoms with Crippen LogP contribution in [0.1, 0.15) is 29.4 Å². The molecule has 26 heavy (non-hydrogen) atoms. The molecule has 1 aliphatic heterocycles. The topological polar surface area (TPSA) is 59.2 Å². The number of rotatable bonds is 4. The third kappa shape index (κ3) is 3.48. The molecule has 5 nitrogen and oxygen atoms in total. The van der Waals surface area contributed by atoms with Crippen molar-refractivity contribution in [3.8, 4) is 11.4 Å². The van der Waals surface area contributed by atoms with Gasteiger partial charge in [0.25, 0.3) is 0 Å². The first-order valence-corrected chi connectivity index (χ1v) is 8.89. The van der Waals surface area contributed by atoms with Crippen molar-refractivity contribution < 1.29 is 9.32 Å². The lowest BCUT2D eigenvalue weighted by Gasteiger charge is -2.16. The Bertz CT molecular complexity index is 919. The fraction of sp³-hybridized carbons (Fsp3) is 0.250. The summed E-state index contributed by atoms with van der Waals surface area (Å²) in [5.74, 6) is 1.11. The van der Waals surface area contributed by atoms with E-state index in [1.54, 1.807) is 0 Å². The summed E-state index contributed by atoms with van der Waals surface area (Å²) in [6, 6.07) is 15.5. The Morgan fingerprint density at radius 1 is 1.15 bits per heavy atom. The van der Waals surface area contributed by atoms with Gasteiger partial charge in [-0.05, 0) is 24.6 Å². The molecule has 1 amide bonds. The first-order valence-electron chi connectivity index (χ1n) is 8.51. The minimum atomic E-state index is -0.0681. The molecule has 1 fully saturated rings. The van der Waals surface area contributed by atoms with Crippen LogP contribution in [0.25, 0.3) is 11.4 Å². The number of hydrogen-bond acceptors (Lipinski definition) is 4. The van der Waals surface area contributed by atoms with Crippen LogP contribution >= 0.6 is 11.6 Å². The zero-order chi connectivity index (χ0) is 18.1. The molecule has 1 saturated heterocycles. The maximum Gasteiger partial charge on any atom is 0.232 e. The molecule has 0 saturated carbocycles. The first kappa shape index (κ1) is 16.8. The Morgan fingerprint density at radius 3 is 2.62 bits per heavy atom. The predicted molar refractivity (Wildman–Crippen MR) is 98.7 cm³/mol. The van der Waals surface area contributed by atoms with Gasteiger partial charge in [-0.25, -0.2) is 0 Å². The Morgan fingerprint density at radius 2 is 1.88 bits per heavy atom.